The van der Waals surface area contributed by atoms with Gasteiger partial charge in [-0.25, -0.2) is 0 Å². The fraction of sp³-hybridized carbons (Fsp3) is 0.857. The van der Waals surface area contributed by atoms with Gasteiger partial charge in [-0.1, -0.05) is 32.3 Å². The van der Waals surface area contributed by atoms with E-state index < -0.39 is 0 Å². The molecule has 18 heavy (non-hydrogen) atoms. The van der Waals surface area contributed by atoms with Crippen LogP contribution >= 0.6 is 0 Å². The Hall–Kier alpha value is -1.06. The minimum Gasteiger partial charge on any atom is -0.338 e. The summed E-state index contributed by atoms with van der Waals surface area (Å²) in [4.78, 5) is 4.47. The molecule has 0 radical (unpaired) electrons. The van der Waals surface area contributed by atoms with Crippen LogP contribution in [-0.4, -0.2) is 16.7 Å². The standard InChI is InChI=1S/C14H25N3O/c1-4-11-5-7-12(8-6-11)13-16-14(18-17-13)15-9-10(2)3/h10-12H,4-9H2,1-3H3,(H,15,16,17). The van der Waals surface area contributed by atoms with Gasteiger partial charge in [0, 0.05) is 12.5 Å². The van der Waals surface area contributed by atoms with E-state index in [0.29, 0.717) is 17.9 Å². The lowest BCUT2D eigenvalue weighted by Crippen LogP contribution is -2.14. The van der Waals surface area contributed by atoms with Crippen molar-refractivity contribution >= 4 is 6.01 Å². The molecule has 1 fully saturated rings. The van der Waals surface area contributed by atoms with E-state index in [0.717, 1.165) is 18.3 Å². The van der Waals surface area contributed by atoms with Gasteiger partial charge in [0.25, 0.3) is 0 Å². The first-order valence-electron chi connectivity index (χ1n) is 7.26. The summed E-state index contributed by atoms with van der Waals surface area (Å²) in [6, 6.07) is 0.580. The van der Waals surface area contributed by atoms with Crippen molar-refractivity contribution in [3.8, 4) is 0 Å². The molecule has 4 nitrogen and oxygen atoms in total. The number of hydrogen-bond acceptors (Lipinski definition) is 4. The maximum atomic E-state index is 5.25. The average Bonchev–Trinajstić information content (AvgIpc) is 2.85. The number of hydrogen-bond donors (Lipinski definition) is 1. The van der Waals surface area contributed by atoms with Gasteiger partial charge in [-0.15, -0.1) is 0 Å². The maximum Gasteiger partial charge on any atom is 0.321 e. The zero-order valence-electron chi connectivity index (χ0n) is 11.8. The third-order valence-electron chi connectivity index (χ3n) is 3.89. The highest BCUT2D eigenvalue weighted by atomic mass is 16.5. The molecule has 0 spiro atoms. The summed E-state index contributed by atoms with van der Waals surface area (Å²) in [6.45, 7) is 7.49. The van der Waals surface area contributed by atoms with Crippen molar-refractivity contribution in [2.45, 2.75) is 58.8 Å². The molecule has 1 N–H and O–H groups in total. The summed E-state index contributed by atoms with van der Waals surface area (Å²) >= 11 is 0. The van der Waals surface area contributed by atoms with Crippen molar-refractivity contribution in [3.05, 3.63) is 5.82 Å². The van der Waals surface area contributed by atoms with Gasteiger partial charge in [0.1, 0.15) is 0 Å². The van der Waals surface area contributed by atoms with E-state index in [-0.39, 0.29) is 0 Å². The van der Waals surface area contributed by atoms with Crippen molar-refractivity contribution in [3.63, 3.8) is 0 Å². The Balaban J connectivity index is 1.86. The first-order valence-corrected chi connectivity index (χ1v) is 7.26. The van der Waals surface area contributed by atoms with Crippen molar-refractivity contribution in [2.24, 2.45) is 11.8 Å². The van der Waals surface area contributed by atoms with E-state index in [9.17, 15) is 0 Å². The van der Waals surface area contributed by atoms with Gasteiger partial charge in [-0.2, -0.15) is 4.98 Å². The molecule has 4 heteroatoms. The van der Waals surface area contributed by atoms with Crippen LogP contribution in [0.25, 0.3) is 0 Å². The topological polar surface area (TPSA) is 51.0 Å². The van der Waals surface area contributed by atoms with Crippen LogP contribution in [0.5, 0.6) is 0 Å². The van der Waals surface area contributed by atoms with E-state index in [1.165, 1.54) is 32.1 Å². The molecule has 0 unspecified atom stereocenters. The lowest BCUT2D eigenvalue weighted by molar-refractivity contribution is 0.305. The number of nitrogens with zero attached hydrogens (tertiary/aromatic N) is 2. The summed E-state index contributed by atoms with van der Waals surface area (Å²) in [5.74, 6) is 2.90. The van der Waals surface area contributed by atoms with E-state index in [1.54, 1.807) is 0 Å². The number of anilines is 1. The maximum absolute atomic E-state index is 5.25. The largest absolute Gasteiger partial charge is 0.338 e. The molecule has 0 saturated heterocycles. The quantitative estimate of drug-likeness (QED) is 0.864. The molecule has 0 atom stereocenters. The Kier molecular flexibility index (Phi) is 4.61. The second kappa shape index (κ2) is 6.21. The van der Waals surface area contributed by atoms with E-state index in [1.807, 2.05) is 0 Å². The molecule has 2 rings (SSSR count). The Morgan fingerprint density at radius 2 is 2.00 bits per heavy atom. The number of aromatic nitrogens is 2. The molecule has 1 heterocycles. The van der Waals surface area contributed by atoms with Crippen LogP contribution in [-0.2, 0) is 0 Å². The van der Waals surface area contributed by atoms with E-state index >= 15 is 0 Å². The Bertz CT molecular complexity index is 354. The number of rotatable bonds is 5. The normalized spacial score (nSPS) is 24.4. The summed E-state index contributed by atoms with van der Waals surface area (Å²) < 4.78 is 5.25. The molecular weight excluding hydrogens is 226 g/mol. The molecule has 0 amide bonds. The second-order valence-corrected chi connectivity index (χ2v) is 5.86. The van der Waals surface area contributed by atoms with Gasteiger partial charge in [0.2, 0.25) is 0 Å². The third kappa shape index (κ3) is 3.47. The molecule has 1 saturated carbocycles. The first kappa shape index (κ1) is 13.4. The fourth-order valence-electron chi connectivity index (χ4n) is 2.59. The van der Waals surface area contributed by atoms with Gasteiger partial charge < -0.3 is 9.84 Å². The number of nitrogens with one attached hydrogen (secondary N) is 1. The molecule has 1 aromatic heterocycles. The van der Waals surface area contributed by atoms with E-state index in [2.05, 4.69) is 36.2 Å². The highest BCUT2D eigenvalue weighted by molar-refractivity contribution is 5.19. The summed E-state index contributed by atoms with van der Waals surface area (Å²) in [7, 11) is 0. The predicted molar refractivity (Wildman–Crippen MR) is 72.6 cm³/mol. The summed E-state index contributed by atoms with van der Waals surface area (Å²) in [5.41, 5.74) is 0. The molecule has 0 bridgehead atoms. The molecule has 102 valence electrons. The monoisotopic (exact) mass is 251 g/mol. The molecular formula is C14H25N3O. The lowest BCUT2D eigenvalue weighted by Gasteiger charge is -2.25. The molecule has 1 aromatic rings. The van der Waals surface area contributed by atoms with Crippen LogP contribution in [0.4, 0.5) is 6.01 Å². The molecule has 1 aliphatic rings. The summed E-state index contributed by atoms with van der Waals surface area (Å²) in [5, 5.41) is 7.30. The smallest absolute Gasteiger partial charge is 0.321 e. The van der Waals surface area contributed by atoms with Crippen LogP contribution in [0.3, 0.4) is 0 Å². The van der Waals surface area contributed by atoms with Crippen LogP contribution in [0.2, 0.25) is 0 Å². The molecule has 0 aliphatic heterocycles. The van der Waals surface area contributed by atoms with Crippen LogP contribution in [0.1, 0.15) is 64.6 Å². The third-order valence-corrected chi connectivity index (χ3v) is 3.89. The zero-order chi connectivity index (χ0) is 13.0. The van der Waals surface area contributed by atoms with E-state index in [4.69, 9.17) is 4.52 Å². The van der Waals surface area contributed by atoms with Crippen LogP contribution in [0.15, 0.2) is 4.52 Å². The molecule has 1 aliphatic carbocycles. The van der Waals surface area contributed by atoms with Gasteiger partial charge in [-0.05, 0) is 37.5 Å². The van der Waals surface area contributed by atoms with Gasteiger partial charge in [0.15, 0.2) is 5.82 Å². The Labute approximate surface area is 110 Å². The highest BCUT2D eigenvalue weighted by Gasteiger charge is 2.25. The second-order valence-electron chi connectivity index (χ2n) is 5.86. The van der Waals surface area contributed by atoms with Crippen LogP contribution in [0, 0.1) is 11.8 Å². The highest BCUT2D eigenvalue weighted by Crippen LogP contribution is 2.35. The van der Waals surface area contributed by atoms with Crippen LogP contribution < -0.4 is 5.32 Å². The zero-order valence-corrected chi connectivity index (χ0v) is 11.8. The molecule has 0 aromatic carbocycles. The van der Waals surface area contributed by atoms with Crippen molar-refractivity contribution in [1.82, 2.24) is 10.1 Å². The van der Waals surface area contributed by atoms with Crippen molar-refractivity contribution in [1.29, 1.82) is 0 Å². The predicted octanol–water partition coefficient (Wildman–Crippen LogP) is 3.82. The Morgan fingerprint density at radius 3 is 2.61 bits per heavy atom. The Morgan fingerprint density at radius 1 is 1.28 bits per heavy atom. The minimum absolute atomic E-state index is 0.506. The SMILES string of the molecule is CCC1CCC(c2noc(NCC(C)C)n2)CC1. The van der Waals surface area contributed by atoms with Gasteiger partial charge in [0.05, 0.1) is 0 Å². The lowest BCUT2D eigenvalue weighted by atomic mass is 9.80. The fourth-order valence-corrected chi connectivity index (χ4v) is 2.59. The first-order chi connectivity index (χ1) is 8.69. The van der Waals surface area contributed by atoms with Crippen molar-refractivity contribution in [2.75, 3.05) is 11.9 Å². The summed E-state index contributed by atoms with van der Waals surface area (Å²) in [6.07, 6.45) is 6.35. The van der Waals surface area contributed by atoms with Gasteiger partial charge >= 0.3 is 6.01 Å². The van der Waals surface area contributed by atoms with Gasteiger partial charge in [-0.3, -0.25) is 0 Å². The minimum atomic E-state index is 0.506. The average molecular weight is 251 g/mol. The van der Waals surface area contributed by atoms with Crippen molar-refractivity contribution < 1.29 is 4.52 Å².